The second-order valence-electron chi connectivity index (χ2n) is 4.73. The van der Waals surface area contributed by atoms with E-state index in [4.69, 9.17) is 5.73 Å². The largest absolute Gasteiger partial charge is 0.397 e. The standard InChI is InChI=1S/C15H22N2/c1-2-3-4-5-6-11-17-12-10-13-8-7-9-14(16)15(13)17/h2,7-9H,1,3-6,10-12,16H2. The second-order valence-corrected chi connectivity index (χ2v) is 4.73. The lowest BCUT2D eigenvalue weighted by Crippen LogP contribution is -2.22. The van der Waals surface area contributed by atoms with Crippen molar-refractivity contribution in [1.82, 2.24) is 0 Å². The molecule has 0 spiro atoms. The Morgan fingerprint density at radius 1 is 1.29 bits per heavy atom. The van der Waals surface area contributed by atoms with E-state index in [0.29, 0.717) is 0 Å². The summed E-state index contributed by atoms with van der Waals surface area (Å²) in [5.41, 5.74) is 9.70. The van der Waals surface area contributed by atoms with E-state index in [-0.39, 0.29) is 0 Å². The summed E-state index contributed by atoms with van der Waals surface area (Å²) in [5.74, 6) is 0. The zero-order valence-corrected chi connectivity index (χ0v) is 10.5. The number of hydrogen-bond acceptors (Lipinski definition) is 2. The first-order chi connectivity index (χ1) is 8.33. The van der Waals surface area contributed by atoms with Crippen molar-refractivity contribution in [3.05, 3.63) is 36.4 Å². The normalized spacial score (nSPS) is 13.8. The zero-order chi connectivity index (χ0) is 12.1. The summed E-state index contributed by atoms with van der Waals surface area (Å²) in [6, 6.07) is 6.26. The lowest BCUT2D eigenvalue weighted by molar-refractivity contribution is 0.667. The van der Waals surface area contributed by atoms with E-state index in [1.54, 1.807) is 0 Å². The van der Waals surface area contributed by atoms with Gasteiger partial charge in [-0.25, -0.2) is 0 Å². The molecule has 2 heteroatoms. The Bertz CT molecular complexity index is 385. The molecule has 0 aromatic heterocycles. The number of allylic oxidation sites excluding steroid dienone is 1. The van der Waals surface area contributed by atoms with Gasteiger partial charge in [-0.1, -0.05) is 24.6 Å². The number of rotatable bonds is 6. The minimum absolute atomic E-state index is 0.936. The lowest BCUT2D eigenvalue weighted by atomic mass is 10.1. The Morgan fingerprint density at radius 2 is 2.18 bits per heavy atom. The fourth-order valence-electron chi connectivity index (χ4n) is 2.56. The minimum atomic E-state index is 0.936. The molecule has 0 atom stereocenters. The number of unbranched alkanes of at least 4 members (excludes halogenated alkanes) is 3. The van der Waals surface area contributed by atoms with E-state index in [1.165, 1.54) is 30.5 Å². The van der Waals surface area contributed by atoms with Crippen molar-refractivity contribution in [2.75, 3.05) is 23.7 Å². The SMILES string of the molecule is C=CCCCCCN1CCc2cccc(N)c21. The third kappa shape index (κ3) is 2.82. The van der Waals surface area contributed by atoms with Crippen LogP contribution in [0.15, 0.2) is 30.9 Å². The summed E-state index contributed by atoms with van der Waals surface area (Å²) in [5, 5.41) is 0. The van der Waals surface area contributed by atoms with Crippen LogP contribution in [0.3, 0.4) is 0 Å². The van der Waals surface area contributed by atoms with Crippen LogP contribution in [-0.4, -0.2) is 13.1 Å². The minimum Gasteiger partial charge on any atom is -0.397 e. The van der Waals surface area contributed by atoms with Gasteiger partial charge in [-0.15, -0.1) is 6.58 Å². The molecule has 2 N–H and O–H groups in total. The van der Waals surface area contributed by atoms with Crippen molar-refractivity contribution in [3.63, 3.8) is 0 Å². The van der Waals surface area contributed by atoms with Crippen LogP contribution in [0.5, 0.6) is 0 Å². The second kappa shape index (κ2) is 5.76. The first-order valence-electron chi connectivity index (χ1n) is 6.56. The van der Waals surface area contributed by atoms with Crippen LogP contribution < -0.4 is 10.6 Å². The maximum atomic E-state index is 6.06. The van der Waals surface area contributed by atoms with Crippen molar-refractivity contribution in [1.29, 1.82) is 0 Å². The van der Waals surface area contributed by atoms with E-state index >= 15 is 0 Å². The summed E-state index contributed by atoms with van der Waals surface area (Å²) in [4.78, 5) is 2.44. The van der Waals surface area contributed by atoms with E-state index < -0.39 is 0 Å². The van der Waals surface area contributed by atoms with Gasteiger partial charge >= 0.3 is 0 Å². The third-order valence-corrected chi connectivity index (χ3v) is 3.45. The quantitative estimate of drug-likeness (QED) is 0.461. The van der Waals surface area contributed by atoms with E-state index in [9.17, 15) is 0 Å². The van der Waals surface area contributed by atoms with Gasteiger partial charge in [-0.2, -0.15) is 0 Å². The highest BCUT2D eigenvalue weighted by atomic mass is 15.2. The average molecular weight is 230 g/mol. The summed E-state index contributed by atoms with van der Waals surface area (Å²) in [7, 11) is 0. The molecule has 0 saturated carbocycles. The number of fused-ring (bicyclic) bond motifs is 1. The van der Waals surface area contributed by atoms with Crippen LogP contribution >= 0.6 is 0 Å². The van der Waals surface area contributed by atoms with Crippen LogP contribution in [0, 0.1) is 0 Å². The first kappa shape index (κ1) is 12.0. The molecule has 1 heterocycles. The molecule has 0 unspecified atom stereocenters. The molecule has 0 amide bonds. The predicted octanol–water partition coefficient (Wildman–Crippen LogP) is 3.38. The predicted molar refractivity (Wildman–Crippen MR) is 75.4 cm³/mol. The number of anilines is 2. The van der Waals surface area contributed by atoms with Crippen LogP contribution in [0.1, 0.15) is 31.2 Å². The van der Waals surface area contributed by atoms with Crippen LogP contribution in [0.4, 0.5) is 11.4 Å². The molecule has 2 rings (SSSR count). The van der Waals surface area contributed by atoms with E-state index in [2.05, 4.69) is 23.6 Å². The van der Waals surface area contributed by atoms with Gasteiger partial charge in [0.25, 0.3) is 0 Å². The van der Waals surface area contributed by atoms with Gasteiger partial charge in [0.15, 0.2) is 0 Å². The zero-order valence-electron chi connectivity index (χ0n) is 10.5. The topological polar surface area (TPSA) is 29.3 Å². The van der Waals surface area contributed by atoms with Crippen molar-refractivity contribution in [2.24, 2.45) is 0 Å². The summed E-state index contributed by atoms with van der Waals surface area (Å²) >= 11 is 0. The van der Waals surface area contributed by atoms with Gasteiger partial charge in [0.2, 0.25) is 0 Å². The number of para-hydroxylation sites is 1. The highest BCUT2D eigenvalue weighted by Crippen LogP contribution is 2.33. The van der Waals surface area contributed by atoms with Crippen molar-refractivity contribution < 1.29 is 0 Å². The molecule has 92 valence electrons. The van der Waals surface area contributed by atoms with Crippen molar-refractivity contribution >= 4 is 11.4 Å². The Morgan fingerprint density at radius 3 is 3.00 bits per heavy atom. The average Bonchev–Trinajstić information content (AvgIpc) is 2.74. The number of hydrogen-bond donors (Lipinski definition) is 1. The Labute approximate surface area is 104 Å². The number of benzene rings is 1. The van der Waals surface area contributed by atoms with Gasteiger partial charge < -0.3 is 10.6 Å². The fraction of sp³-hybridized carbons (Fsp3) is 0.467. The molecule has 0 aliphatic carbocycles. The molecule has 17 heavy (non-hydrogen) atoms. The molecule has 1 aromatic rings. The van der Waals surface area contributed by atoms with E-state index in [0.717, 1.165) is 31.6 Å². The van der Waals surface area contributed by atoms with Gasteiger partial charge in [0, 0.05) is 13.1 Å². The molecule has 0 saturated heterocycles. The van der Waals surface area contributed by atoms with Crippen molar-refractivity contribution in [2.45, 2.75) is 32.1 Å². The maximum absolute atomic E-state index is 6.06. The Balaban J connectivity index is 1.87. The number of nitrogens with zero attached hydrogens (tertiary/aromatic N) is 1. The number of nitrogens with two attached hydrogens (primary N) is 1. The monoisotopic (exact) mass is 230 g/mol. The lowest BCUT2D eigenvalue weighted by Gasteiger charge is -2.20. The molecule has 0 fully saturated rings. The molecule has 1 aromatic carbocycles. The van der Waals surface area contributed by atoms with Gasteiger partial charge in [-0.3, -0.25) is 0 Å². The molecular formula is C15H22N2. The Hall–Kier alpha value is -1.44. The maximum Gasteiger partial charge on any atom is 0.0633 e. The first-order valence-corrected chi connectivity index (χ1v) is 6.56. The number of nitrogen functional groups attached to an aromatic ring is 1. The highest BCUT2D eigenvalue weighted by Gasteiger charge is 2.20. The molecule has 0 radical (unpaired) electrons. The van der Waals surface area contributed by atoms with Gasteiger partial charge in [0.1, 0.15) is 0 Å². The molecule has 1 aliphatic rings. The van der Waals surface area contributed by atoms with Gasteiger partial charge in [-0.05, 0) is 37.3 Å². The third-order valence-electron chi connectivity index (χ3n) is 3.45. The fourth-order valence-corrected chi connectivity index (χ4v) is 2.56. The van der Waals surface area contributed by atoms with Crippen molar-refractivity contribution in [3.8, 4) is 0 Å². The molecule has 1 aliphatic heterocycles. The van der Waals surface area contributed by atoms with Crippen LogP contribution in [0.2, 0.25) is 0 Å². The van der Waals surface area contributed by atoms with Crippen LogP contribution in [-0.2, 0) is 6.42 Å². The summed E-state index contributed by atoms with van der Waals surface area (Å²) in [6.45, 7) is 6.02. The molecular weight excluding hydrogens is 208 g/mol. The Kier molecular flexibility index (Phi) is 4.08. The molecule has 2 nitrogen and oxygen atoms in total. The smallest absolute Gasteiger partial charge is 0.0633 e. The van der Waals surface area contributed by atoms with Gasteiger partial charge in [0.05, 0.1) is 11.4 Å². The summed E-state index contributed by atoms with van der Waals surface area (Å²) < 4.78 is 0. The van der Waals surface area contributed by atoms with Crippen LogP contribution in [0.25, 0.3) is 0 Å². The molecule has 0 bridgehead atoms. The summed E-state index contributed by atoms with van der Waals surface area (Å²) in [6.07, 6.45) is 8.08. The van der Waals surface area contributed by atoms with E-state index in [1.807, 2.05) is 12.1 Å². The highest BCUT2D eigenvalue weighted by molar-refractivity contribution is 5.74.